The van der Waals surface area contributed by atoms with Crippen LogP contribution in [0.2, 0.25) is 0 Å². The van der Waals surface area contributed by atoms with Gasteiger partial charge >= 0.3 is 0 Å². The smallest absolute Gasteiger partial charge is 0.273 e. The van der Waals surface area contributed by atoms with E-state index in [9.17, 15) is 24.5 Å². The van der Waals surface area contributed by atoms with Crippen molar-refractivity contribution in [3.8, 4) is 17.2 Å². The number of hydrogen-bond donors (Lipinski definition) is 2. The van der Waals surface area contributed by atoms with E-state index >= 15 is 0 Å². The molecule has 0 atom stereocenters. The lowest BCUT2D eigenvalue weighted by molar-refractivity contribution is -0.384. The van der Waals surface area contributed by atoms with E-state index in [2.05, 4.69) is 10.9 Å². The fraction of sp³-hybridized carbons (Fsp3) is 0.318. The number of nitro benzene ring substituents is 1. The fourth-order valence-corrected chi connectivity index (χ4v) is 3.37. The summed E-state index contributed by atoms with van der Waals surface area (Å²) in [5.41, 5.74) is 5.21. The van der Waals surface area contributed by atoms with Crippen LogP contribution in [0.3, 0.4) is 0 Å². The van der Waals surface area contributed by atoms with Crippen LogP contribution in [0.15, 0.2) is 30.3 Å². The number of nitrogens with one attached hydrogen (secondary N) is 2. The lowest BCUT2D eigenvalue weighted by atomic mass is 10.0. The molecule has 0 aromatic heterocycles. The molecule has 0 fully saturated rings. The van der Waals surface area contributed by atoms with Crippen LogP contribution in [0.5, 0.6) is 17.2 Å². The van der Waals surface area contributed by atoms with Gasteiger partial charge in [-0.05, 0) is 30.2 Å². The van der Waals surface area contributed by atoms with Crippen molar-refractivity contribution in [2.24, 2.45) is 0 Å². The number of benzene rings is 2. The highest BCUT2D eigenvalue weighted by Crippen LogP contribution is 2.45. The van der Waals surface area contributed by atoms with Gasteiger partial charge in [0, 0.05) is 37.7 Å². The van der Waals surface area contributed by atoms with Crippen LogP contribution in [0.4, 0.5) is 5.69 Å². The van der Waals surface area contributed by atoms with Gasteiger partial charge in [-0.3, -0.25) is 35.3 Å². The predicted octanol–water partition coefficient (Wildman–Crippen LogP) is 1.82. The maximum atomic E-state index is 13.1. The number of nitro groups is 1. The molecule has 1 aliphatic heterocycles. The number of nitrogens with zero attached hydrogens (tertiary/aromatic N) is 2. The van der Waals surface area contributed by atoms with Gasteiger partial charge in [-0.1, -0.05) is 6.92 Å². The molecular formula is C22H24N4O8. The summed E-state index contributed by atoms with van der Waals surface area (Å²) in [4.78, 5) is 49.1. The van der Waals surface area contributed by atoms with Crippen molar-refractivity contribution in [3.05, 3.63) is 57.1 Å². The number of methoxy groups -OCH3 is 1. The zero-order valence-corrected chi connectivity index (χ0v) is 18.9. The van der Waals surface area contributed by atoms with Crippen LogP contribution in [-0.2, 0) is 11.2 Å². The topological polar surface area (TPSA) is 149 Å². The Morgan fingerprint density at radius 3 is 2.44 bits per heavy atom. The SMILES string of the molecule is CCC(=O)N(C)CCc1cc2c(c(OC)c1C(=O)NNC(=O)c1ccc([N+](=O)[O-])cc1)OCO2. The van der Waals surface area contributed by atoms with E-state index in [4.69, 9.17) is 14.2 Å². The lowest BCUT2D eigenvalue weighted by Crippen LogP contribution is -2.42. The minimum Gasteiger partial charge on any atom is -0.492 e. The summed E-state index contributed by atoms with van der Waals surface area (Å²) < 4.78 is 16.3. The average Bonchev–Trinajstić information content (AvgIpc) is 3.32. The minimum atomic E-state index is -0.676. The first-order valence-corrected chi connectivity index (χ1v) is 10.3. The predicted molar refractivity (Wildman–Crippen MR) is 119 cm³/mol. The third kappa shape index (κ3) is 5.17. The van der Waals surface area contributed by atoms with Crippen LogP contribution in [0.25, 0.3) is 0 Å². The Balaban J connectivity index is 1.81. The molecule has 0 bridgehead atoms. The van der Waals surface area contributed by atoms with E-state index in [-0.39, 0.29) is 41.0 Å². The zero-order chi connectivity index (χ0) is 24.8. The van der Waals surface area contributed by atoms with Crippen LogP contribution in [0, 0.1) is 10.1 Å². The van der Waals surface area contributed by atoms with Crippen molar-refractivity contribution < 1.29 is 33.5 Å². The van der Waals surface area contributed by atoms with Crippen molar-refractivity contribution >= 4 is 23.4 Å². The third-order valence-electron chi connectivity index (χ3n) is 5.21. The Morgan fingerprint density at radius 2 is 1.82 bits per heavy atom. The first kappa shape index (κ1) is 24.3. The summed E-state index contributed by atoms with van der Waals surface area (Å²) in [5.74, 6) is -0.591. The van der Waals surface area contributed by atoms with Gasteiger partial charge in [-0.2, -0.15) is 0 Å². The summed E-state index contributed by atoms with van der Waals surface area (Å²) >= 11 is 0. The number of non-ortho nitro benzene ring substituents is 1. The summed E-state index contributed by atoms with van der Waals surface area (Å²) in [6.07, 6.45) is 0.664. The third-order valence-corrected chi connectivity index (χ3v) is 5.21. The molecule has 0 unspecified atom stereocenters. The van der Waals surface area contributed by atoms with Crippen molar-refractivity contribution in [1.29, 1.82) is 0 Å². The van der Waals surface area contributed by atoms with Gasteiger partial charge in [0.15, 0.2) is 11.5 Å². The molecule has 0 spiro atoms. The number of carbonyl (C=O) groups is 3. The summed E-state index contributed by atoms with van der Waals surface area (Å²) in [7, 11) is 3.04. The molecule has 180 valence electrons. The highest BCUT2D eigenvalue weighted by molar-refractivity contribution is 6.02. The van der Waals surface area contributed by atoms with E-state index < -0.39 is 16.7 Å². The molecule has 3 rings (SSSR count). The number of fused-ring (bicyclic) bond motifs is 1. The molecule has 1 aliphatic rings. The number of rotatable bonds is 8. The largest absolute Gasteiger partial charge is 0.492 e. The molecule has 0 saturated carbocycles. The normalized spacial score (nSPS) is 11.5. The van der Waals surface area contributed by atoms with Crippen molar-refractivity contribution in [3.63, 3.8) is 0 Å². The van der Waals surface area contributed by atoms with Crippen molar-refractivity contribution in [1.82, 2.24) is 15.8 Å². The quantitative estimate of drug-likeness (QED) is 0.436. The minimum absolute atomic E-state index is 0.0404. The van der Waals surface area contributed by atoms with Crippen molar-refractivity contribution in [2.75, 3.05) is 27.5 Å². The molecule has 3 amide bonds. The first-order valence-electron chi connectivity index (χ1n) is 10.3. The van der Waals surface area contributed by atoms with E-state index in [1.54, 1.807) is 24.9 Å². The van der Waals surface area contributed by atoms with Gasteiger partial charge in [-0.15, -0.1) is 0 Å². The molecule has 12 heteroatoms. The Kier molecular flexibility index (Phi) is 7.51. The molecule has 2 aromatic rings. The highest BCUT2D eigenvalue weighted by Gasteiger charge is 2.29. The monoisotopic (exact) mass is 472 g/mol. The Morgan fingerprint density at radius 1 is 1.15 bits per heavy atom. The Labute approximate surface area is 194 Å². The molecule has 0 radical (unpaired) electrons. The van der Waals surface area contributed by atoms with Crippen molar-refractivity contribution in [2.45, 2.75) is 19.8 Å². The fourth-order valence-electron chi connectivity index (χ4n) is 3.37. The average molecular weight is 472 g/mol. The van der Waals surface area contributed by atoms with E-state index in [0.717, 1.165) is 0 Å². The molecule has 0 saturated heterocycles. The standard InChI is InChI=1S/C22H24N4O8/c1-4-17(27)25(2)10-9-14-11-16-19(34-12-33-16)20(32-3)18(14)22(29)24-23-21(28)13-5-7-15(8-6-13)26(30)31/h5-8,11H,4,9-10,12H2,1-3H3,(H,23,28)(H,24,29). The van der Waals surface area contributed by atoms with Gasteiger partial charge in [0.05, 0.1) is 17.6 Å². The van der Waals surface area contributed by atoms with Gasteiger partial charge in [0.1, 0.15) is 0 Å². The molecule has 34 heavy (non-hydrogen) atoms. The number of carbonyl (C=O) groups excluding carboxylic acids is 3. The highest BCUT2D eigenvalue weighted by atomic mass is 16.7. The molecule has 1 heterocycles. The molecule has 12 nitrogen and oxygen atoms in total. The van der Waals surface area contributed by atoms with Gasteiger partial charge in [0.25, 0.3) is 17.5 Å². The molecule has 0 aliphatic carbocycles. The van der Waals surface area contributed by atoms with E-state index in [1.807, 2.05) is 0 Å². The maximum Gasteiger partial charge on any atom is 0.273 e. The molecule has 2 N–H and O–H groups in total. The van der Waals surface area contributed by atoms with Crippen LogP contribution < -0.4 is 25.1 Å². The number of likely N-dealkylation sites (N-methyl/N-ethyl adjacent to an activating group) is 1. The van der Waals surface area contributed by atoms with Crippen LogP contribution >= 0.6 is 0 Å². The Hall–Kier alpha value is -4.35. The van der Waals surface area contributed by atoms with E-state index in [1.165, 1.54) is 31.4 Å². The number of hydrogen-bond acceptors (Lipinski definition) is 8. The second kappa shape index (κ2) is 10.5. The number of hydrazine groups is 1. The summed E-state index contributed by atoms with van der Waals surface area (Å²) in [6.45, 7) is 2.06. The second-order valence-corrected chi connectivity index (χ2v) is 7.31. The van der Waals surface area contributed by atoms with Gasteiger partial charge in [0.2, 0.25) is 18.4 Å². The Bertz CT molecular complexity index is 1120. The van der Waals surface area contributed by atoms with Gasteiger partial charge < -0.3 is 19.1 Å². The van der Waals surface area contributed by atoms with Crippen LogP contribution in [-0.4, -0.2) is 55.0 Å². The molecular weight excluding hydrogens is 448 g/mol. The maximum absolute atomic E-state index is 13.1. The van der Waals surface area contributed by atoms with Gasteiger partial charge in [-0.25, -0.2) is 0 Å². The zero-order valence-electron chi connectivity index (χ0n) is 18.9. The molecule has 2 aromatic carbocycles. The first-order chi connectivity index (χ1) is 16.3. The van der Waals surface area contributed by atoms with Crippen LogP contribution in [0.1, 0.15) is 39.6 Å². The van der Waals surface area contributed by atoms with E-state index in [0.29, 0.717) is 30.7 Å². The summed E-state index contributed by atoms with van der Waals surface area (Å²) in [6, 6.07) is 6.55. The second-order valence-electron chi connectivity index (χ2n) is 7.31. The number of amides is 3. The number of ether oxygens (including phenoxy) is 3. The summed E-state index contributed by atoms with van der Waals surface area (Å²) in [5, 5.41) is 10.8. The lowest BCUT2D eigenvalue weighted by Gasteiger charge is -2.19.